The van der Waals surface area contributed by atoms with Gasteiger partial charge in [0.05, 0.1) is 11.6 Å². The molecule has 2 aromatic rings. The lowest BCUT2D eigenvalue weighted by Gasteiger charge is -2.12. The zero-order valence-electron chi connectivity index (χ0n) is 11.2. The van der Waals surface area contributed by atoms with Gasteiger partial charge in [-0.05, 0) is 17.7 Å². The molecule has 0 unspecified atom stereocenters. The zero-order valence-corrected chi connectivity index (χ0v) is 11.2. The summed E-state index contributed by atoms with van der Waals surface area (Å²) in [6, 6.07) is 17.0. The van der Waals surface area contributed by atoms with Gasteiger partial charge < -0.3 is 14.2 Å². The first-order chi connectivity index (χ1) is 9.83. The number of rotatable bonds is 6. The Morgan fingerprint density at radius 3 is 2.50 bits per heavy atom. The van der Waals surface area contributed by atoms with Crippen molar-refractivity contribution in [1.82, 2.24) is 0 Å². The molecule has 2 rings (SSSR count). The van der Waals surface area contributed by atoms with Crippen LogP contribution in [-0.2, 0) is 11.3 Å². The van der Waals surface area contributed by atoms with Crippen LogP contribution in [0.3, 0.4) is 0 Å². The Morgan fingerprint density at radius 1 is 1.00 bits per heavy atom. The minimum atomic E-state index is 0.108. The second-order valence-electron chi connectivity index (χ2n) is 4.10. The van der Waals surface area contributed by atoms with Gasteiger partial charge >= 0.3 is 0 Å². The van der Waals surface area contributed by atoms with Crippen molar-refractivity contribution in [2.75, 3.05) is 13.9 Å². The molecule has 0 aliphatic carbocycles. The molecule has 0 atom stereocenters. The molecule has 0 spiro atoms. The largest absolute Gasteiger partial charge is 0.485 e. The Bertz CT molecular complexity index is 590. The highest BCUT2D eigenvalue weighted by Crippen LogP contribution is 2.29. The molecule has 0 amide bonds. The van der Waals surface area contributed by atoms with Gasteiger partial charge in [-0.1, -0.05) is 30.3 Å². The molecule has 0 saturated carbocycles. The highest BCUT2D eigenvalue weighted by Gasteiger charge is 2.07. The van der Waals surface area contributed by atoms with Crippen LogP contribution in [0.15, 0.2) is 48.5 Å². The van der Waals surface area contributed by atoms with E-state index in [0.29, 0.717) is 23.7 Å². The number of nitrogens with zero attached hydrogens (tertiary/aromatic N) is 1. The number of methoxy groups -OCH3 is 1. The van der Waals surface area contributed by atoms with Crippen LogP contribution in [0.2, 0.25) is 0 Å². The van der Waals surface area contributed by atoms with Gasteiger partial charge in [0.25, 0.3) is 0 Å². The van der Waals surface area contributed by atoms with Crippen molar-refractivity contribution in [3.8, 4) is 17.6 Å². The van der Waals surface area contributed by atoms with Crippen molar-refractivity contribution in [3.63, 3.8) is 0 Å². The summed E-state index contributed by atoms with van der Waals surface area (Å²) in [4.78, 5) is 0. The summed E-state index contributed by atoms with van der Waals surface area (Å²) in [5.74, 6) is 1.09. The third kappa shape index (κ3) is 3.74. The number of benzene rings is 2. The molecule has 0 aliphatic heterocycles. The topological polar surface area (TPSA) is 51.5 Å². The van der Waals surface area contributed by atoms with Gasteiger partial charge in [0, 0.05) is 13.2 Å². The van der Waals surface area contributed by atoms with Gasteiger partial charge in [-0.15, -0.1) is 0 Å². The molecule has 0 N–H and O–H groups in total. The molecule has 4 heteroatoms. The average Bonchev–Trinajstić information content (AvgIpc) is 2.52. The van der Waals surface area contributed by atoms with Crippen LogP contribution in [0, 0.1) is 11.3 Å². The lowest BCUT2D eigenvalue weighted by molar-refractivity contribution is 0.0484. The summed E-state index contributed by atoms with van der Waals surface area (Å²) in [5, 5.41) is 8.91. The summed E-state index contributed by atoms with van der Waals surface area (Å²) < 4.78 is 16.0. The van der Waals surface area contributed by atoms with Gasteiger partial charge in [0.2, 0.25) is 0 Å². The summed E-state index contributed by atoms with van der Waals surface area (Å²) in [6.45, 7) is 0.548. The van der Waals surface area contributed by atoms with E-state index in [1.54, 1.807) is 25.3 Å². The predicted molar refractivity (Wildman–Crippen MR) is 74.4 cm³/mol. The van der Waals surface area contributed by atoms with Crippen LogP contribution >= 0.6 is 0 Å². The van der Waals surface area contributed by atoms with Gasteiger partial charge in [-0.3, -0.25) is 0 Å². The van der Waals surface area contributed by atoms with E-state index in [2.05, 4.69) is 6.07 Å². The van der Waals surface area contributed by atoms with E-state index >= 15 is 0 Å². The molecule has 20 heavy (non-hydrogen) atoms. The molecule has 102 valence electrons. The molecule has 0 aliphatic rings. The second kappa shape index (κ2) is 7.17. The SMILES string of the molecule is COCOc1cc(C#N)ccc1OCc1ccccc1. The summed E-state index contributed by atoms with van der Waals surface area (Å²) in [5.41, 5.74) is 1.58. The molecular formula is C16H15NO3. The van der Waals surface area contributed by atoms with E-state index in [1.807, 2.05) is 30.3 Å². The summed E-state index contributed by atoms with van der Waals surface area (Å²) >= 11 is 0. The van der Waals surface area contributed by atoms with E-state index in [0.717, 1.165) is 5.56 Å². The van der Waals surface area contributed by atoms with E-state index in [-0.39, 0.29) is 6.79 Å². The Labute approximate surface area is 118 Å². The fourth-order valence-electron chi connectivity index (χ4n) is 1.67. The fraction of sp³-hybridized carbons (Fsp3) is 0.188. The molecule has 2 aromatic carbocycles. The monoisotopic (exact) mass is 269 g/mol. The Kier molecular flexibility index (Phi) is 4.99. The number of ether oxygens (including phenoxy) is 3. The minimum absolute atomic E-state index is 0.108. The van der Waals surface area contributed by atoms with Gasteiger partial charge in [0.1, 0.15) is 6.61 Å². The third-order valence-electron chi connectivity index (χ3n) is 2.64. The van der Waals surface area contributed by atoms with Gasteiger partial charge in [-0.25, -0.2) is 0 Å². The molecule has 0 saturated heterocycles. The van der Waals surface area contributed by atoms with E-state index in [9.17, 15) is 0 Å². The zero-order chi connectivity index (χ0) is 14.2. The standard InChI is InChI=1S/C16H15NO3/c1-18-12-20-16-9-14(10-17)7-8-15(16)19-11-13-5-3-2-4-6-13/h2-9H,11-12H2,1H3. The van der Waals surface area contributed by atoms with Crippen molar-refractivity contribution < 1.29 is 14.2 Å². The minimum Gasteiger partial charge on any atom is -0.485 e. The lowest BCUT2D eigenvalue weighted by atomic mass is 10.2. The van der Waals surface area contributed by atoms with Crippen LogP contribution in [-0.4, -0.2) is 13.9 Å². The van der Waals surface area contributed by atoms with Crippen molar-refractivity contribution in [3.05, 3.63) is 59.7 Å². The smallest absolute Gasteiger partial charge is 0.188 e. The van der Waals surface area contributed by atoms with E-state index < -0.39 is 0 Å². The van der Waals surface area contributed by atoms with Crippen molar-refractivity contribution >= 4 is 0 Å². The first-order valence-electron chi connectivity index (χ1n) is 6.16. The van der Waals surface area contributed by atoms with Crippen molar-refractivity contribution in [2.24, 2.45) is 0 Å². The maximum Gasteiger partial charge on any atom is 0.188 e. The average molecular weight is 269 g/mol. The van der Waals surface area contributed by atoms with Crippen LogP contribution in [0.1, 0.15) is 11.1 Å². The molecule has 0 bridgehead atoms. The number of hydrogen-bond acceptors (Lipinski definition) is 4. The fourth-order valence-corrected chi connectivity index (χ4v) is 1.67. The maximum absolute atomic E-state index is 8.91. The van der Waals surface area contributed by atoms with Crippen molar-refractivity contribution in [1.29, 1.82) is 5.26 Å². The van der Waals surface area contributed by atoms with Crippen LogP contribution in [0.4, 0.5) is 0 Å². The summed E-state index contributed by atoms with van der Waals surface area (Å²) in [7, 11) is 1.54. The van der Waals surface area contributed by atoms with Crippen molar-refractivity contribution in [2.45, 2.75) is 6.61 Å². The predicted octanol–water partition coefficient (Wildman–Crippen LogP) is 3.12. The van der Waals surface area contributed by atoms with Crippen LogP contribution < -0.4 is 9.47 Å². The third-order valence-corrected chi connectivity index (χ3v) is 2.64. The molecule has 0 aromatic heterocycles. The first-order valence-corrected chi connectivity index (χ1v) is 6.16. The molecular weight excluding hydrogens is 254 g/mol. The Morgan fingerprint density at radius 2 is 1.80 bits per heavy atom. The first kappa shape index (κ1) is 13.9. The molecule has 0 fully saturated rings. The van der Waals surface area contributed by atoms with E-state index in [1.165, 1.54) is 0 Å². The highest BCUT2D eigenvalue weighted by atomic mass is 16.7. The normalized spacial score (nSPS) is 9.80. The maximum atomic E-state index is 8.91. The second-order valence-corrected chi connectivity index (χ2v) is 4.10. The van der Waals surface area contributed by atoms with Crippen LogP contribution in [0.25, 0.3) is 0 Å². The Balaban J connectivity index is 2.11. The molecule has 0 radical (unpaired) electrons. The number of nitriles is 1. The molecule has 4 nitrogen and oxygen atoms in total. The molecule has 0 heterocycles. The Hall–Kier alpha value is -2.51. The van der Waals surface area contributed by atoms with Gasteiger partial charge in [-0.2, -0.15) is 5.26 Å². The lowest BCUT2D eigenvalue weighted by Crippen LogP contribution is -2.03. The van der Waals surface area contributed by atoms with Crippen LogP contribution in [0.5, 0.6) is 11.5 Å². The van der Waals surface area contributed by atoms with E-state index in [4.69, 9.17) is 19.5 Å². The summed E-state index contributed by atoms with van der Waals surface area (Å²) in [6.07, 6.45) is 0. The highest BCUT2D eigenvalue weighted by molar-refractivity contribution is 5.46. The van der Waals surface area contributed by atoms with Gasteiger partial charge in [0.15, 0.2) is 18.3 Å². The quantitative estimate of drug-likeness (QED) is 0.756. The number of hydrogen-bond donors (Lipinski definition) is 0.